The molecular formula is C19H20Cl2O4. The summed E-state index contributed by atoms with van der Waals surface area (Å²) in [5, 5.41) is 0.985. The molecule has 2 rings (SSSR count). The van der Waals surface area contributed by atoms with Crippen molar-refractivity contribution in [3.8, 4) is 11.5 Å². The number of carbonyl (C=O) groups excluding carboxylic acids is 1. The zero-order chi connectivity index (χ0) is 18.2. The van der Waals surface area contributed by atoms with E-state index in [1.165, 1.54) is 7.11 Å². The third-order valence-electron chi connectivity index (χ3n) is 3.79. The van der Waals surface area contributed by atoms with E-state index in [1.807, 2.05) is 24.3 Å². The number of hydrogen-bond acceptors (Lipinski definition) is 4. The Labute approximate surface area is 157 Å². The third kappa shape index (κ3) is 5.55. The first-order valence-electron chi connectivity index (χ1n) is 7.84. The first-order chi connectivity index (χ1) is 12.0. The molecule has 1 atom stereocenters. The highest BCUT2D eigenvalue weighted by Crippen LogP contribution is 2.31. The smallest absolute Gasteiger partial charge is 0.313 e. The fourth-order valence-corrected chi connectivity index (χ4v) is 3.02. The number of ether oxygens (including phenoxy) is 3. The summed E-state index contributed by atoms with van der Waals surface area (Å²) >= 11 is 12.1. The van der Waals surface area contributed by atoms with Crippen molar-refractivity contribution in [2.24, 2.45) is 0 Å². The lowest BCUT2D eigenvalue weighted by Gasteiger charge is -2.17. The highest BCUT2D eigenvalue weighted by molar-refractivity contribution is 6.35. The number of carbonyl (C=O) groups is 1. The van der Waals surface area contributed by atoms with Gasteiger partial charge in [-0.3, -0.25) is 4.79 Å². The van der Waals surface area contributed by atoms with Gasteiger partial charge in [-0.2, -0.15) is 0 Å². The summed E-state index contributed by atoms with van der Waals surface area (Å²) in [5.74, 6) is 0.748. The van der Waals surface area contributed by atoms with Crippen molar-refractivity contribution >= 4 is 29.2 Å². The first-order valence-corrected chi connectivity index (χ1v) is 8.60. The van der Waals surface area contributed by atoms with Gasteiger partial charge in [-0.05, 0) is 54.8 Å². The van der Waals surface area contributed by atoms with E-state index in [2.05, 4.69) is 0 Å². The minimum absolute atomic E-state index is 0.325. The van der Waals surface area contributed by atoms with Crippen molar-refractivity contribution < 1.29 is 19.0 Å². The van der Waals surface area contributed by atoms with Crippen molar-refractivity contribution in [1.29, 1.82) is 0 Å². The summed E-state index contributed by atoms with van der Waals surface area (Å²) in [4.78, 5) is 12.1. The Morgan fingerprint density at radius 2 is 1.72 bits per heavy atom. The average molecular weight is 383 g/mol. The van der Waals surface area contributed by atoms with E-state index in [4.69, 9.17) is 37.4 Å². The van der Waals surface area contributed by atoms with Crippen molar-refractivity contribution in [2.45, 2.75) is 18.8 Å². The first kappa shape index (κ1) is 19.4. The highest BCUT2D eigenvalue weighted by atomic mass is 35.5. The normalized spacial score (nSPS) is 11.7. The van der Waals surface area contributed by atoms with E-state index in [0.29, 0.717) is 35.1 Å². The summed E-state index contributed by atoms with van der Waals surface area (Å²) in [5.41, 5.74) is 0.711. The number of methoxy groups -OCH3 is 2. The van der Waals surface area contributed by atoms with Gasteiger partial charge >= 0.3 is 5.97 Å². The molecule has 0 aromatic heterocycles. The zero-order valence-electron chi connectivity index (χ0n) is 14.1. The van der Waals surface area contributed by atoms with Crippen LogP contribution in [0, 0.1) is 0 Å². The quantitative estimate of drug-likeness (QED) is 0.469. The molecule has 0 aliphatic heterocycles. The van der Waals surface area contributed by atoms with Crippen LogP contribution in [0.15, 0.2) is 42.5 Å². The van der Waals surface area contributed by atoms with Crippen LogP contribution in [0.25, 0.3) is 0 Å². The van der Waals surface area contributed by atoms with Crippen LogP contribution in [-0.2, 0) is 9.53 Å². The Hall–Kier alpha value is -1.91. The molecule has 0 fully saturated rings. The lowest BCUT2D eigenvalue weighted by Crippen LogP contribution is -2.16. The minimum atomic E-state index is -0.450. The van der Waals surface area contributed by atoms with Gasteiger partial charge in [-0.15, -0.1) is 0 Å². The highest BCUT2D eigenvalue weighted by Gasteiger charge is 2.23. The van der Waals surface area contributed by atoms with Crippen LogP contribution in [-0.4, -0.2) is 26.8 Å². The SMILES string of the molecule is COC(=O)[C@@H](CCCOc1ccc(OC)cc1)c1ccc(Cl)cc1Cl. The van der Waals surface area contributed by atoms with Gasteiger partial charge < -0.3 is 14.2 Å². The van der Waals surface area contributed by atoms with Crippen molar-refractivity contribution in [3.63, 3.8) is 0 Å². The standard InChI is InChI=1S/C19H20Cl2O4/c1-23-14-6-8-15(9-7-14)25-11-3-4-17(19(22)24-2)16-10-5-13(20)12-18(16)21/h5-10,12,17H,3-4,11H2,1-2H3/t17-/m0/s1. The van der Waals surface area contributed by atoms with Crippen LogP contribution in [0.4, 0.5) is 0 Å². The maximum atomic E-state index is 12.1. The molecule has 0 bridgehead atoms. The molecule has 0 saturated heterocycles. The third-order valence-corrected chi connectivity index (χ3v) is 4.35. The van der Waals surface area contributed by atoms with Crippen molar-refractivity contribution in [1.82, 2.24) is 0 Å². The van der Waals surface area contributed by atoms with Gasteiger partial charge in [0.05, 0.1) is 26.7 Å². The predicted molar refractivity (Wildman–Crippen MR) is 98.9 cm³/mol. The predicted octanol–water partition coefficient (Wildman–Crippen LogP) is 5.12. The Morgan fingerprint density at radius 3 is 2.32 bits per heavy atom. The Balaban J connectivity index is 1.94. The molecule has 6 heteroatoms. The molecule has 0 radical (unpaired) electrons. The van der Waals surface area contributed by atoms with E-state index in [1.54, 1.807) is 25.3 Å². The molecule has 2 aromatic carbocycles. The number of benzene rings is 2. The molecule has 0 N–H and O–H groups in total. The number of halogens is 2. The molecule has 4 nitrogen and oxygen atoms in total. The fraction of sp³-hybridized carbons (Fsp3) is 0.316. The molecule has 0 spiro atoms. The maximum Gasteiger partial charge on any atom is 0.313 e. The van der Waals surface area contributed by atoms with Crippen LogP contribution in [0.2, 0.25) is 10.0 Å². The number of rotatable bonds is 8. The van der Waals surface area contributed by atoms with E-state index < -0.39 is 5.92 Å². The van der Waals surface area contributed by atoms with Crippen molar-refractivity contribution in [2.75, 3.05) is 20.8 Å². The van der Waals surface area contributed by atoms with Gasteiger partial charge in [0, 0.05) is 10.0 Å². The molecule has 0 amide bonds. The minimum Gasteiger partial charge on any atom is -0.497 e. The molecule has 25 heavy (non-hydrogen) atoms. The lowest BCUT2D eigenvalue weighted by atomic mass is 9.94. The second kappa shape index (κ2) is 9.54. The van der Waals surface area contributed by atoms with Crippen LogP contribution < -0.4 is 9.47 Å². The topological polar surface area (TPSA) is 44.8 Å². The summed E-state index contributed by atoms with van der Waals surface area (Å²) in [7, 11) is 2.98. The summed E-state index contributed by atoms with van der Waals surface area (Å²) in [6.45, 7) is 0.477. The van der Waals surface area contributed by atoms with Crippen LogP contribution in [0.1, 0.15) is 24.3 Å². The zero-order valence-corrected chi connectivity index (χ0v) is 15.6. The van der Waals surface area contributed by atoms with Gasteiger partial charge in [0.15, 0.2) is 0 Å². The van der Waals surface area contributed by atoms with Gasteiger partial charge in [-0.25, -0.2) is 0 Å². The lowest BCUT2D eigenvalue weighted by molar-refractivity contribution is -0.142. The van der Waals surface area contributed by atoms with E-state index in [9.17, 15) is 4.79 Å². The molecule has 0 saturated carbocycles. The molecular weight excluding hydrogens is 363 g/mol. The van der Waals surface area contributed by atoms with Crippen LogP contribution >= 0.6 is 23.2 Å². The van der Waals surface area contributed by atoms with Crippen molar-refractivity contribution in [3.05, 3.63) is 58.1 Å². The Kier molecular flexibility index (Phi) is 7.41. The molecule has 0 aliphatic rings. The summed E-state index contributed by atoms with van der Waals surface area (Å²) < 4.78 is 15.7. The second-order valence-corrected chi connectivity index (χ2v) is 6.25. The fourth-order valence-electron chi connectivity index (χ4n) is 2.48. The molecule has 134 valence electrons. The molecule has 2 aromatic rings. The van der Waals surface area contributed by atoms with E-state index >= 15 is 0 Å². The van der Waals surface area contributed by atoms with Gasteiger partial charge in [-0.1, -0.05) is 29.3 Å². The Morgan fingerprint density at radius 1 is 1.04 bits per heavy atom. The van der Waals surface area contributed by atoms with Gasteiger partial charge in [0.25, 0.3) is 0 Å². The Bertz CT molecular complexity index is 701. The number of hydrogen-bond donors (Lipinski definition) is 0. The van der Waals surface area contributed by atoms with E-state index in [0.717, 1.165) is 11.5 Å². The van der Waals surface area contributed by atoms with Crippen LogP contribution in [0.5, 0.6) is 11.5 Å². The monoisotopic (exact) mass is 382 g/mol. The second-order valence-electron chi connectivity index (χ2n) is 5.41. The largest absolute Gasteiger partial charge is 0.497 e. The maximum absolute atomic E-state index is 12.1. The number of esters is 1. The summed E-state index contributed by atoms with van der Waals surface area (Å²) in [6.07, 6.45) is 1.23. The van der Waals surface area contributed by atoms with Gasteiger partial charge in [0.2, 0.25) is 0 Å². The molecule has 0 aliphatic carbocycles. The van der Waals surface area contributed by atoms with Crippen LogP contribution in [0.3, 0.4) is 0 Å². The molecule has 0 unspecified atom stereocenters. The van der Waals surface area contributed by atoms with Gasteiger partial charge in [0.1, 0.15) is 11.5 Å². The average Bonchev–Trinajstić information content (AvgIpc) is 2.62. The summed E-state index contributed by atoms with van der Waals surface area (Å²) in [6, 6.07) is 12.4. The molecule has 0 heterocycles. The van der Waals surface area contributed by atoms with E-state index in [-0.39, 0.29) is 5.97 Å².